The maximum Gasteiger partial charge on any atom is 0.361 e. The molecule has 0 saturated heterocycles. The fourth-order valence-corrected chi connectivity index (χ4v) is 2.84. The van der Waals surface area contributed by atoms with E-state index in [1.54, 1.807) is 26.0 Å². The first-order chi connectivity index (χ1) is 11.7. The van der Waals surface area contributed by atoms with E-state index in [1.165, 1.54) is 0 Å². The average Bonchev–Trinajstić information content (AvgIpc) is 2.67. The summed E-state index contributed by atoms with van der Waals surface area (Å²) >= 11 is 1.69. The van der Waals surface area contributed by atoms with Crippen molar-refractivity contribution in [2.75, 3.05) is 20.5 Å². The smallest absolute Gasteiger partial charge is 0.361 e. The predicted molar refractivity (Wildman–Crippen MR) is 98.9 cm³/mol. The van der Waals surface area contributed by atoms with Gasteiger partial charge >= 0.3 is 11.5 Å². The second-order valence-corrected chi connectivity index (χ2v) is 6.06. The van der Waals surface area contributed by atoms with Gasteiger partial charge in [-0.2, -0.15) is 0 Å². The van der Waals surface area contributed by atoms with Crippen LogP contribution in [0.3, 0.4) is 0 Å². The minimum Gasteiger partial charge on any atom is -0.497 e. The van der Waals surface area contributed by atoms with Gasteiger partial charge in [-0.3, -0.25) is 0 Å². The Hall–Kier alpha value is -2.46. The molecule has 0 spiro atoms. The second kappa shape index (κ2) is 7.41. The highest BCUT2D eigenvalue weighted by molar-refractivity contribution is 7.98. The number of methoxy groups -OCH3 is 2. The van der Waals surface area contributed by atoms with E-state index >= 15 is 0 Å². The Labute approximate surface area is 146 Å². The average molecular weight is 339 g/mol. The fourth-order valence-electron chi connectivity index (χ4n) is 2.39. The molecule has 1 aromatic heterocycles. The lowest BCUT2D eigenvalue weighted by Crippen LogP contribution is -1.86. The first kappa shape index (κ1) is 16.4. The summed E-state index contributed by atoms with van der Waals surface area (Å²) in [4.78, 5) is 1.15. The molecule has 0 N–H and O–H groups in total. The molecule has 0 aliphatic heterocycles. The molecule has 3 nitrogen and oxygen atoms in total. The Kier molecular flexibility index (Phi) is 5.06. The van der Waals surface area contributed by atoms with E-state index < -0.39 is 0 Å². The van der Waals surface area contributed by atoms with E-state index in [-0.39, 0.29) is 0 Å². The predicted octanol–water partition coefficient (Wildman–Crippen LogP) is 5.63. The van der Waals surface area contributed by atoms with Crippen LogP contribution in [0.2, 0.25) is 0 Å². The van der Waals surface area contributed by atoms with Crippen molar-refractivity contribution < 1.29 is 13.9 Å². The maximum absolute atomic E-state index is 6.14. The van der Waals surface area contributed by atoms with Gasteiger partial charge in [0, 0.05) is 4.90 Å². The number of rotatable bonds is 5. The third-order valence-electron chi connectivity index (χ3n) is 3.75. The zero-order chi connectivity index (χ0) is 16.9. The molecule has 3 rings (SSSR count). The van der Waals surface area contributed by atoms with Crippen molar-refractivity contribution in [3.05, 3.63) is 60.7 Å². The topological polar surface area (TPSA) is 29.8 Å². The minimum absolute atomic E-state index is 0.829. The van der Waals surface area contributed by atoms with Crippen LogP contribution in [0, 0.1) is 0 Å². The van der Waals surface area contributed by atoms with Crippen LogP contribution in [0.25, 0.3) is 22.6 Å². The molecule has 24 heavy (non-hydrogen) atoms. The van der Waals surface area contributed by atoms with E-state index in [0.717, 1.165) is 39.0 Å². The fraction of sp³-hybridized carbons (Fsp3) is 0.150. The quantitative estimate of drug-likeness (QED) is 0.445. The highest BCUT2D eigenvalue weighted by atomic mass is 32.2. The van der Waals surface area contributed by atoms with E-state index in [2.05, 4.69) is 18.4 Å². The Morgan fingerprint density at radius 2 is 1.12 bits per heavy atom. The molecule has 4 heteroatoms. The van der Waals surface area contributed by atoms with Crippen LogP contribution in [0.4, 0.5) is 0 Å². The van der Waals surface area contributed by atoms with Gasteiger partial charge in [-0.15, -0.1) is 11.8 Å². The standard InChI is InChI=1S/C20H19O3S/c1-21-16-8-4-14(5-9-16)19-12-18(24-3)13-20(23-19)15-6-10-17(22-2)11-7-15/h4-13H,1-3H3/q+1. The third-order valence-corrected chi connectivity index (χ3v) is 4.46. The van der Waals surface area contributed by atoms with Crippen LogP contribution in [0.1, 0.15) is 0 Å². The monoisotopic (exact) mass is 339 g/mol. The first-order valence-corrected chi connectivity index (χ1v) is 8.77. The van der Waals surface area contributed by atoms with Gasteiger partial charge in [0.1, 0.15) is 11.5 Å². The summed E-state index contributed by atoms with van der Waals surface area (Å²) < 4.78 is 16.6. The van der Waals surface area contributed by atoms with Gasteiger partial charge in [-0.25, -0.2) is 4.42 Å². The van der Waals surface area contributed by atoms with Crippen molar-refractivity contribution in [1.82, 2.24) is 0 Å². The Morgan fingerprint density at radius 1 is 0.708 bits per heavy atom. The minimum atomic E-state index is 0.829. The largest absolute Gasteiger partial charge is 0.497 e. The lowest BCUT2D eigenvalue weighted by atomic mass is 10.1. The summed E-state index contributed by atoms with van der Waals surface area (Å²) in [5.74, 6) is 3.32. The molecule has 122 valence electrons. The van der Waals surface area contributed by atoms with Gasteiger partial charge < -0.3 is 9.47 Å². The highest BCUT2D eigenvalue weighted by Crippen LogP contribution is 2.32. The van der Waals surface area contributed by atoms with Gasteiger partial charge in [0.05, 0.1) is 37.5 Å². The summed E-state index contributed by atoms with van der Waals surface area (Å²) in [5.41, 5.74) is 2.03. The van der Waals surface area contributed by atoms with Crippen molar-refractivity contribution in [2.24, 2.45) is 0 Å². The van der Waals surface area contributed by atoms with Crippen LogP contribution in [0.15, 0.2) is 70.0 Å². The molecule has 0 saturated carbocycles. The van der Waals surface area contributed by atoms with Crippen LogP contribution < -0.4 is 9.47 Å². The van der Waals surface area contributed by atoms with Crippen molar-refractivity contribution in [3.8, 4) is 34.1 Å². The van der Waals surface area contributed by atoms with Crippen molar-refractivity contribution in [3.63, 3.8) is 0 Å². The lowest BCUT2D eigenvalue weighted by Gasteiger charge is -2.01. The Morgan fingerprint density at radius 3 is 1.46 bits per heavy atom. The van der Waals surface area contributed by atoms with Gasteiger partial charge in [0.25, 0.3) is 0 Å². The summed E-state index contributed by atoms with van der Waals surface area (Å²) in [5, 5.41) is 0. The summed E-state index contributed by atoms with van der Waals surface area (Å²) in [7, 11) is 3.32. The molecule has 0 aliphatic carbocycles. The van der Waals surface area contributed by atoms with E-state index in [0.29, 0.717) is 0 Å². The molecule has 0 amide bonds. The van der Waals surface area contributed by atoms with Crippen LogP contribution in [0.5, 0.6) is 11.5 Å². The van der Waals surface area contributed by atoms with Gasteiger partial charge in [-0.05, 0) is 54.8 Å². The normalized spacial score (nSPS) is 10.5. The number of benzene rings is 2. The first-order valence-electron chi connectivity index (χ1n) is 7.54. The molecule has 0 unspecified atom stereocenters. The van der Waals surface area contributed by atoms with E-state index in [4.69, 9.17) is 13.9 Å². The SMILES string of the molecule is COc1ccc(-c2cc(SC)cc(-c3ccc(OC)cc3)[o+]2)cc1. The zero-order valence-electron chi connectivity index (χ0n) is 13.9. The van der Waals surface area contributed by atoms with Crippen molar-refractivity contribution in [2.45, 2.75) is 4.90 Å². The molecule has 3 aromatic rings. The summed E-state index contributed by atoms with van der Waals surface area (Å²) in [6.45, 7) is 0. The Balaban J connectivity index is 2.03. The Bertz CT molecular complexity index is 746. The lowest BCUT2D eigenvalue weighted by molar-refractivity contribution is 0.415. The number of thioether (sulfide) groups is 1. The van der Waals surface area contributed by atoms with E-state index in [1.807, 2.05) is 48.5 Å². The van der Waals surface area contributed by atoms with E-state index in [9.17, 15) is 0 Å². The maximum atomic E-state index is 6.14. The van der Waals surface area contributed by atoms with Gasteiger partial charge in [0.15, 0.2) is 0 Å². The zero-order valence-corrected chi connectivity index (χ0v) is 14.7. The number of hydrogen-bond donors (Lipinski definition) is 0. The molecule has 0 fully saturated rings. The van der Waals surface area contributed by atoms with Crippen LogP contribution in [-0.2, 0) is 0 Å². The molecule has 0 atom stereocenters. The van der Waals surface area contributed by atoms with Crippen LogP contribution in [-0.4, -0.2) is 20.5 Å². The molecule has 0 aliphatic rings. The number of hydrogen-bond acceptors (Lipinski definition) is 3. The van der Waals surface area contributed by atoms with Gasteiger partial charge in [-0.1, -0.05) is 0 Å². The molecule has 1 heterocycles. The molecule has 0 radical (unpaired) electrons. The number of ether oxygens (including phenoxy) is 2. The van der Waals surface area contributed by atoms with Crippen molar-refractivity contribution in [1.29, 1.82) is 0 Å². The molecule has 2 aromatic carbocycles. The van der Waals surface area contributed by atoms with Gasteiger partial charge in [0.2, 0.25) is 0 Å². The summed E-state index contributed by atoms with van der Waals surface area (Å²) in [6, 6.07) is 19.8. The molecular formula is C20H19O3S+. The van der Waals surface area contributed by atoms with Crippen LogP contribution >= 0.6 is 11.8 Å². The highest BCUT2D eigenvalue weighted by Gasteiger charge is 2.19. The molecule has 0 bridgehead atoms. The molecular weight excluding hydrogens is 320 g/mol. The second-order valence-electron chi connectivity index (χ2n) is 5.18. The summed E-state index contributed by atoms with van der Waals surface area (Å²) in [6.07, 6.45) is 2.06. The van der Waals surface area contributed by atoms with Crippen molar-refractivity contribution >= 4 is 11.8 Å². The third kappa shape index (κ3) is 3.54.